The highest BCUT2D eigenvalue weighted by Crippen LogP contribution is 2.22. The van der Waals surface area contributed by atoms with Gasteiger partial charge in [-0.25, -0.2) is 0 Å². The van der Waals surface area contributed by atoms with E-state index in [0.29, 0.717) is 25.4 Å². The van der Waals surface area contributed by atoms with E-state index < -0.39 is 0 Å². The topological polar surface area (TPSA) is 21.7 Å². The summed E-state index contributed by atoms with van der Waals surface area (Å²) in [5.74, 6) is 0. The molecular weight excluding hydrogens is 226 g/mol. The van der Waals surface area contributed by atoms with E-state index in [-0.39, 0.29) is 0 Å². The SMILES string of the molecule is COCCO[C@@H]1CCN(C)[C@H]1Cc1ccccc1. The molecule has 0 N–H and O–H groups in total. The van der Waals surface area contributed by atoms with Crippen LogP contribution in [0.5, 0.6) is 0 Å². The van der Waals surface area contributed by atoms with Gasteiger partial charge in [0.25, 0.3) is 0 Å². The summed E-state index contributed by atoms with van der Waals surface area (Å²) in [4.78, 5) is 2.41. The Morgan fingerprint density at radius 3 is 2.72 bits per heavy atom. The van der Waals surface area contributed by atoms with Crippen LogP contribution in [0.4, 0.5) is 0 Å². The molecule has 100 valence electrons. The Bertz CT molecular complexity index is 342. The van der Waals surface area contributed by atoms with Gasteiger partial charge in [0, 0.05) is 19.7 Å². The molecule has 0 amide bonds. The summed E-state index contributed by atoms with van der Waals surface area (Å²) in [6.07, 6.45) is 2.53. The van der Waals surface area contributed by atoms with Crippen LogP contribution in [0.1, 0.15) is 12.0 Å². The molecule has 0 aliphatic carbocycles. The Kier molecular flexibility index (Phi) is 5.17. The molecule has 3 heteroatoms. The van der Waals surface area contributed by atoms with E-state index in [9.17, 15) is 0 Å². The summed E-state index contributed by atoms with van der Waals surface area (Å²) in [7, 11) is 3.90. The lowest BCUT2D eigenvalue weighted by molar-refractivity contribution is 0.00214. The van der Waals surface area contributed by atoms with Gasteiger partial charge in [-0.05, 0) is 25.5 Å². The van der Waals surface area contributed by atoms with Crippen molar-refractivity contribution >= 4 is 0 Å². The summed E-state index contributed by atoms with van der Waals surface area (Å²) in [5.41, 5.74) is 1.39. The zero-order chi connectivity index (χ0) is 12.8. The molecular formula is C15H23NO2. The quantitative estimate of drug-likeness (QED) is 0.719. The van der Waals surface area contributed by atoms with Crippen molar-refractivity contribution in [2.24, 2.45) is 0 Å². The van der Waals surface area contributed by atoms with Crippen LogP contribution in [-0.2, 0) is 15.9 Å². The molecule has 2 rings (SSSR count). The number of likely N-dealkylation sites (tertiary alicyclic amines) is 1. The largest absolute Gasteiger partial charge is 0.382 e. The zero-order valence-electron chi connectivity index (χ0n) is 11.3. The van der Waals surface area contributed by atoms with Crippen molar-refractivity contribution in [2.45, 2.75) is 25.0 Å². The van der Waals surface area contributed by atoms with Crippen LogP contribution in [0.25, 0.3) is 0 Å². The number of ether oxygens (including phenoxy) is 2. The van der Waals surface area contributed by atoms with Gasteiger partial charge in [0.05, 0.1) is 19.3 Å². The van der Waals surface area contributed by atoms with Gasteiger partial charge >= 0.3 is 0 Å². The zero-order valence-corrected chi connectivity index (χ0v) is 11.3. The molecule has 1 saturated heterocycles. The minimum Gasteiger partial charge on any atom is -0.382 e. The Morgan fingerprint density at radius 2 is 2.00 bits per heavy atom. The molecule has 0 radical (unpaired) electrons. The van der Waals surface area contributed by atoms with Crippen LogP contribution in [0.2, 0.25) is 0 Å². The number of hydrogen-bond acceptors (Lipinski definition) is 3. The molecule has 1 aromatic rings. The molecule has 0 bridgehead atoms. The molecule has 1 heterocycles. The molecule has 2 atom stereocenters. The monoisotopic (exact) mass is 249 g/mol. The van der Waals surface area contributed by atoms with Crippen molar-refractivity contribution in [3.8, 4) is 0 Å². The normalized spacial score (nSPS) is 24.6. The van der Waals surface area contributed by atoms with E-state index in [2.05, 4.69) is 42.3 Å². The van der Waals surface area contributed by atoms with Crippen LogP contribution in [0.15, 0.2) is 30.3 Å². The number of benzene rings is 1. The van der Waals surface area contributed by atoms with Crippen molar-refractivity contribution in [1.82, 2.24) is 4.90 Å². The van der Waals surface area contributed by atoms with Crippen molar-refractivity contribution in [3.05, 3.63) is 35.9 Å². The number of rotatable bonds is 6. The van der Waals surface area contributed by atoms with Crippen LogP contribution >= 0.6 is 0 Å². The standard InChI is InChI=1S/C15H23NO2/c1-16-9-8-15(18-11-10-17-2)14(16)12-13-6-4-3-5-7-13/h3-7,14-15H,8-12H2,1-2H3/t14-,15+/m0/s1. The Labute approximate surface area is 110 Å². The fraction of sp³-hybridized carbons (Fsp3) is 0.600. The lowest BCUT2D eigenvalue weighted by Gasteiger charge is -2.25. The van der Waals surface area contributed by atoms with E-state index in [1.165, 1.54) is 5.56 Å². The fourth-order valence-electron chi connectivity index (χ4n) is 2.59. The number of methoxy groups -OCH3 is 1. The van der Waals surface area contributed by atoms with E-state index in [1.54, 1.807) is 7.11 Å². The van der Waals surface area contributed by atoms with E-state index in [4.69, 9.17) is 9.47 Å². The first-order chi connectivity index (χ1) is 8.81. The third-order valence-corrected chi connectivity index (χ3v) is 3.67. The Morgan fingerprint density at radius 1 is 1.22 bits per heavy atom. The second kappa shape index (κ2) is 6.88. The third-order valence-electron chi connectivity index (χ3n) is 3.67. The van der Waals surface area contributed by atoms with E-state index >= 15 is 0 Å². The summed E-state index contributed by atoms with van der Waals surface area (Å²) in [6.45, 7) is 2.49. The van der Waals surface area contributed by atoms with Gasteiger partial charge in [-0.3, -0.25) is 0 Å². The maximum atomic E-state index is 5.93. The van der Waals surface area contributed by atoms with Gasteiger partial charge < -0.3 is 14.4 Å². The molecule has 1 aliphatic heterocycles. The third kappa shape index (κ3) is 3.55. The maximum absolute atomic E-state index is 5.93. The van der Waals surface area contributed by atoms with Crippen molar-refractivity contribution in [3.63, 3.8) is 0 Å². The second-order valence-electron chi connectivity index (χ2n) is 4.93. The van der Waals surface area contributed by atoms with Gasteiger partial charge in [0.2, 0.25) is 0 Å². The molecule has 1 aliphatic rings. The highest BCUT2D eigenvalue weighted by atomic mass is 16.5. The smallest absolute Gasteiger partial charge is 0.0746 e. The molecule has 18 heavy (non-hydrogen) atoms. The van der Waals surface area contributed by atoms with E-state index in [0.717, 1.165) is 19.4 Å². The molecule has 0 unspecified atom stereocenters. The van der Waals surface area contributed by atoms with Gasteiger partial charge in [-0.1, -0.05) is 30.3 Å². The average Bonchev–Trinajstić information content (AvgIpc) is 2.73. The fourth-order valence-corrected chi connectivity index (χ4v) is 2.59. The minimum atomic E-state index is 0.338. The van der Waals surface area contributed by atoms with Crippen LogP contribution < -0.4 is 0 Å². The molecule has 0 saturated carbocycles. The van der Waals surface area contributed by atoms with Crippen LogP contribution in [-0.4, -0.2) is 51.0 Å². The molecule has 3 nitrogen and oxygen atoms in total. The number of nitrogens with zero attached hydrogens (tertiary/aromatic N) is 1. The second-order valence-corrected chi connectivity index (χ2v) is 4.93. The van der Waals surface area contributed by atoms with E-state index in [1.807, 2.05) is 0 Å². The highest BCUT2D eigenvalue weighted by Gasteiger charge is 2.32. The summed E-state index contributed by atoms with van der Waals surface area (Å²) in [6, 6.07) is 11.1. The van der Waals surface area contributed by atoms with Crippen molar-refractivity contribution < 1.29 is 9.47 Å². The summed E-state index contributed by atoms with van der Waals surface area (Å²) in [5, 5.41) is 0. The number of hydrogen-bond donors (Lipinski definition) is 0. The average molecular weight is 249 g/mol. The predicted octanol–water partition coefficient (Wildman–Crippen LogP) is 1.96. The minimum absolute atomic E-state index is 0.338. The highest BCUT2D eigenvalue weighted by molar-refractivity contribution is 5.16. The predicted molar refractivity (Wildman–Crippen MR) is 72.8 cm³/mol. The lowest BCUT2D eigenvalue weighted by Crippen LogP contribution is -2.36. The molecule has 1 fully saturated rings. The van der Waals surface area contributed by atoms with Crippen LogP contribution in [0.3, 0.4) is 0 Å². The summed E-state index contributed by atoms with van der Waals surface area (Å²) >= 11 is 0. The Balaban J connectivity index is 1.91. The maximum Gasteiger partial charge on any atom is 0.0746 e. The molecule has 0 spiro atoms. The first-order valence-corrected chi connectivity index (χ1v) is 6.66. The van der Waals surface area contributed by atoms with Gasteiger partial charge in [-0.15, -0.1) is 0 Å². The van der Waals surface area contributed by atoms with Crippen molar-refractivity contribution in [2.75, 3.05) is 33.9 Å². The Hall–Kier alpha value is -0.900. The van der Waals surface area contributed by atoms with Gasteiger partial charge in [0.1, 0.15) is 0 Å². The lowest BCUT2D eigenvalue weighted by atomic mass is 10.0. The molecule has 1 aromatic carbocycles. The molecule has 0 aromatic heterocycles. The van der Waals surface area contributed by atoms with Crippen molar-refractivity contribution in [1.29, 1.82) is 0 Å². The van der Waals surface area contributed by atoms with Crippen LogP contribution in [0, 0.1) is 0 Å². The number of likely N-dealkylation sites (N-methyl/N-ethyl adjacent to an activating group) is 1. The van der Waals surface area contributed by atoms with Gasteiger partial charge in [0.15, 0.2) is 0 Å². The summed E-state index contributed by atoms with van der Waals surface area (Å²) < 4.78 is 11.0. The van der Waals surface area contributed by atoms with Gasteiger partial charge in [-0.2, -0.15) is 0 Å². The first-order valence-electron chi connectivity index (χ1n) is 6.66. The first kappa shape index (κ1) is 13.5.